The first kappa shape index (κ1) is 20.9. The minimum absolute atomic E-state index is 0.139. The Labute approximate surface area is 162 Å². The third-order valence-electron chi connectivity index (χ3n) is 3.93. The molecule has 7 heteroatoms. The lowest BCUT2D eigenvalue weighted by Crippen LogP contribution is -2.47. The Hall–Kier alpha value is -2.41. The van der Waals surface area contributed by atoms with Crippen LogP contribution in [0.2, 0.25) is 0 Å². The van der Waals surface area contributed by atoms with Crippen LogP contribution in [0.5, 0.6) is 0 Å². The van der Waals surface area contributed by atoms with Crippen LogP contribution in [0.25, 0.3) is 10.9 Å². The normalized spacial score (nSPS) is 11.7. The van der Waals surface area contributed by atoms with E-state index in [0.29, 0.717) is 12.4 Å². The van der Waals surface area contributed by atoms with Gasteiger partial charge in [0.15, 0.2) is 5.82 Å². The van der Waals surface area contributed by atoms with Crippen molar-refractivity contribution in [2.75, 3.05) is 39.5 Å². The van der Waals surface area contributed by atoms with Crippen molar-refractivity contribution in [2.24, 2.45) is 0 Å². The second kappa shape index (κ2) is 8.99. The molecule has 0 unspecified atom stereocenters. The minimum Gasteiger partial charge on any atom is -0.369 e. The summed E-state index contributed by atoms with van der Waals surface area (Å²) in [5, 5.41) is 7.38. The van der Waals surface area contributed by atoms with Gasteiger partial charge in [-0.1, -0.05) is 12.1 Å². The Bertz CT molecular complexity index is 769. The number of hydrogen-bond donors (Lipinski definition) is 2. The number of benzene rings is 1. The number of rotatable bonds is 7. The van der Waals surface area contributed by atoms with Crippen molar-refractivity contribution in [2.45, 2.75) is 39.3 Å². The number of carbonyl (C=O) groups excluding carboxylic acids is 1. The lowest BCUT2D eigenvalue weighted by Gasteiger charge is -2.25. The molecule has 148 valence electrons. The van der Waals surface area contributed by atoms with Crippen molar-refractivity contribution in [3.8, 4) is 0 Å². The molecule has 2 N–H and O–H groups in total. The van der Waals surface area contributed by atoms with E-state index in [1.807, 2.05) is 45.0 Å². The first-order valence-electron chi connectivity index (χ1n) is 9.33. The van der Waals surface area contributed by atoms with Gasteiger partial charge in [0.1, 0.15) is 5.82 Å². The van der Waals surface area contributed by atoms with Crippen LogP contribution in [-0.2, 0) is 6.54 Å². The molecule has 0 aliphatic rings. The van der Waals surface area contributed by atoms with Gasteiger partial charge in [-0.25, -0.2) is 14.8 Å². The highest BCUT2D eigenvalue weighted by atomic mass is 16.2. The fourth-order valence-electron chi connectivity index (χ4n) is 2.63. The van der Waals surface area contributed by atoms with Crippen LogP contribution in [0.3, 0.4) is 0 Å². The number of nitrogens with one attached hydrogen (secondary N) is 2. The Morgan fingerprint density at radius 3 is 2.48 bits per heavy atom. The van der Waals surface area contributed by atoms with Gasteiger partial charge in [0.25, 0.3) is 0 Å². The van der Waals surface area contributed by atoms with Gasteiger partial charge in [0.2, 0.25) is 0 Å². The first-order valence-corrected chi connectivity index (χ1v) is 9.33. The molecule has 0 radical (unpaired) electrons. The summed E-state index contributed by atoms with van der Waals surface area (Å²) in [6.45, 7) is 8.07. The molecule has 2 amide bonds. The van der Waals surface area contributed by atoms with Crippen molar-refractivity contribution < 1.29 is 4.79 Å². The molecule has 0 aliphatic heterocycles. The quantitative estimate of drug-likeness (QED) is 0.731. The van der Waals surface area contributed by atoms with Gasteiger partial charge in [0.05, 0.1) is 12.1 Å². The van der Waals surface area contributed by atoms with E-state index in [0.717, 1.165) is 36.2 Å². The van der Waals surface area contributed by atoms with Gasteiger partial charge in [-0.05, 0) is 60.0 Å². The van der Waals surface area contributed by atoms with E-state index in [9.17, 15) is 4.79 Å². The summed E-state index contributed by atoms with van der Waals surface area (Å²) in [6, 6.07) is 7.80. The molecule has 0 spiro atoms. The Morgan fingerprint density at radius 1 is 1.11 bits per heavy atom. The van der Waals surface area contributed by atoms with E-state index in [1.165, 1.54) is 0 Å². The maximum absolute atomic E-state index is 12.3. The monoisotopic (exact) mass is 372 g/mol. The number of aromatic nitrogens is 2. The number of hydrogen-bond acceptors (Lipinski definition) is 5. The summed E-state index contributed by atoms with van der Waals surface area (Å²) >= 11 is 0. The molecule has 27 heavy (non-hydrogen) atoms. The van der Waals surface area contributed by atoms with Crippen molar-refractivity contribution in [1.82, 2.24) is 25.1 Å². The zero-order chi connectivity index (χ0) is 20.0. The number of urea groups is 1. The lowest BCUT2D eigenvalue weighted by atomic mass is 10.1. The van der Waals surface area contributed by atoms with E-state index in [1.54, 1.807) is 11.9 Å². The molecule has 2 aromatic rings. The topological polar surface area (TPSA) is 73.4 Å². The van der Waals surface area contributed by atoms with Gasteiger partial charge >= 0.3 is 6.03 Å². The van der Waals surface area contributed by atoms with Crippen molar-refractivity contribution >= 4 is 22.8 Å². The Morgan fingerprint density at radius 2 is 1.81 bits per heavy atom. The molecular weight excluding hydrogens is 340 g/mol. The SMILES string of the molecule is CN(C)CCCNc1nc(CN(C)C(=O)NC(C)(C)C)nc2ccccc12. The molecule has 0 aliphatic carbocycles. The van der Waals surface area contributed by atoms with Crippen LogP contribution in [0.4, 0.5) is 10.6 Å². The van der Waals surface area contributed by atoms with E-state index >= 15 is 0 Å². The second-order valence-corrected chi connectivity index (χ2v) is 8.13. The third kappa shape index (κ3) is 6.67. The van der Waals surface area contributed by atoms with Crippen LogP contribution in [0.15, 0.2) is 24.3 Å². The van der Waals surface area contributed by atoms with Gasteiger partial charge < -0.3 is 20.4 Å². The molecule has 7 nitrogen and oxygen atoms in total. The fraction of sp³-hybridized carbons (Fsp3) is 0.550. The summed E-state index contributed by atoms with van der Waals surface area (Å²) in [7, 11) is 5.89. The predicted octanol–water partition coefficient (Wildman–Crippen LogP) is 2.93. The third-order valence-corrected chi connectivity index (χ3v) is 3.93. The van der Waals surface area contributed by atoms with E-state index < -0.39 is 0 Å². The Balaban J connectivity index is 2.15. The summed E-state index contributed by atoms with van der Waals surface area (Å²) in [4.78, 5) is 25.4. The molecule has 2 rings (SSSR count). The molecule has 1 aromatic heterocycles. The smallest absolute Gasteiger partial charge is 0.317 e. The predicted molar refractivity (Wildman–Crippen MR) is 111 cm³/mol. The first-order chi connectivity index (χ1) is 12.7. The number of amides is 2. The maximum atomic E-state index is 12.3. The number of nitrogens with zero attached hydrogens (tertiary/aromatic N) is 4. The summed E-state index contributed by atoms with van der Waals surface area (Å²) in [6.07, 6.45) is 1.02. The number of anilines is 1. The van der Waals surface area contributed by atoms with Crippen molar-refractivity contribution in [3.05, 3.63) is 30.1 Å². The van der Waals surface area contributed by atoms with Crippen LogP contribution >= 0.6 is 0 Å². The summed E-state index contributed by atoms with van der Waals surface area (Å²) < 4.78 is 0. The van der Waals surface area contributed by atoms with Gasteiger partial charge in [-0.2, -0.15) is 0 Å². The average Bonchev–Trinajstić information content (AvgIpc) is 2.56. The fourth-order valence-corrected chi connectivity index (χ4v) is 2.63. The highest BCUT2D eigenvalue weighted by Gasteiger charge is 2.18. The van der Waals surface area contributed by atoms with Crippen molar-refractivity contribution in [1.29, 1.82) is 0 Å². The molecular formula is C20H32N6O. The highest BCUT2D eigenvalue weighted by Crippen LogP contribution is 2.20. The zero-order valence-corrected chi connectivity index (χ0v) is 17.3. The zero-order valence-electron chi connectivity index (χ0n) is 17.3. The summed E-state index contributed by atoms with van der Waals surface area (Å²) in [5.41, 5.74) is 0.594. The van der Waals surface area contributed by atoms with Crippen LogP contribution in [0.1, 0.15) is 33.0 Å². The van der Waals surface area contributed by atoms with Crippen LogP contribution in [-0.4, -0.2) is 65.6 Å². The summed E-state index contributed by atoms with van der Waals surface area (Å²) in [5.74, 6) is 1.44. The molecule has 1 heterocycles. The van der Waals surface area contributed by atoms with Crippen LogP contribution < -0.4 is 10.6 Å². The molecule has 0 atom stereocenters. The van der Waals surface area contributed by atoms with Crippen molar-refractivity contribution in [3.63, 3.8) is 0 Å². The maximum Gasteiger partial charge on any atom is 0.317 e. The second-order valence-electron chi connectivity index (χ2n) is 8.13. The Kier molecular flexibility index (Phi) is 6.96. The largest absolute Gasteiger partial charge is 0.369 e. The molecule has 1 aromatic carbocycles. The van der Waals surface area contributed by atoms with Gasteiger partial charge in [-0.15, -0.1) is 0 Å². The highest BCUT2D eigenvalue weighted by molar-refractivity contribution is 5.89. The molecule has 0 bridgehead atoms. The lowest BCUT2D eigenvalue weighted by molar-refractivity contribution is 0.196. The van der Waals surface area contributed by atoms with Crippen LogP contribution in [0, 0.1) is 0 Å². The standard InChI is InChI=1S/C20H32N6O/c1-20(2,3)24-19(27)26(6)14-17-22-16-11-8-7-10-15(16)18(23-17)21-12-9-13-25(4)5/h7-8,10-11H,9,12-14H2,1-6H3,(H,24,27)(H,21,22,23). The van der Waals surface area contributed by atoms with Gasteiger partial charge in [0, 0.05) is 24.5 Å². The molecule has 0 saturated carbocycles. The van der Waals surface area contributed by atoms with Gasteiger partial charge in [-0.3, -0.25) is 0 Å². The van der Waals surface area contributed by atoms with E-state index in [4.69, 9.17) is 0 Å². The van der Waals surface area contributed by atoms with E-state index in [-0.39, 0.29) is 11.6 Å². The molecule has 0 fully saturated rings. The molecule has 0 saturated heterocycles. The number of fused-ring (bicyclic) bond motifs is 1. The number of para-hydroxylation sites is 1. The number of carbonyl (C=O) groups is 1. The average molecular weight is 373 g/mol. The minimum atomic E-state index is -0.283. The van der Waals surface area contributed by atoms with E-state index in [2.05, 4.69) is 39.6 Å².